The summed E-state index contributed by atoms with van der Waals surface area (Å²) in [4.78, 5) is 12.4. The fourth-order valence-electron chi connectivity index (χ4n) is 2.51. The van der Waals surface area contributed by atoms with E-state index in [-0.39, 0.29) is 23.6 Å². The Bertz CT molecular complexity index is 914. The van der Waals surface area contributed by atoms with E-state index >= 15 is 0 Å². The second kappa shape index (κ2) is 7.77. The first-order valence-corrected chi connectivity index (χ1v) is 7.79. The number of methoxy groups -OCH3 is 1. The maximum absolute atomic E-state index is 12.6. The van der Waals surface area contributed by atoms with Gasteiger partial charge in [0.05, 0.1) is 12.7 Å². The van der Waals surface area contributed by atoms with E-state index in [9.17, 15) is 13.6 Å². The molecule has 0 saturated heterocycles. The highest BCUT2D eigenvalue weighted by Crippen LogP contribution is 2.32. The van der Waals surface area contributed by atoms with Crippen molar-refractivity contribution in [1.82, 2.24) is 19.9 Å². The highest BCUT2D eigenvalue weighted by molar-refractivity contribution is 5.97. The van der Waals surface area contributed by atoms with Gasteiger partial charge < -0.3 is 14.8 Å². The number of alkyl halides is 2. The van der Waals surface area contributed by atoms with Gasteiger partial charge in [-0.3, -0.25) is 9.20 Å². The Balaban J connectivity index is 1.70. The second-order valence-electron chi connectivity index (χ2n) is 5.27. The summed E-state index contributed by atoms with van der Waals surface area (Å²) in [6.07, 6.45) is 2.25. The van der Waals surface area contributed by atoms with Crippen molar-refractivity contribution in [2.24, 2.45) is 0 Å². The Kier molecular flexibility index (Phi) is 5.26. The first kappa shape index (κ1) is 17.6. The number of carbonyl (C=O) groups excluding carboxylic acids is 1. The van der Waals surface area contributed by atoms with Crippen LogP contribution in [0.5, 0.6) is 11.5 Å². The molecule has 136 valence electrons. The van der Waals surface area contributed by atoms with Crippen LogP contribution in [0.4, 0.5) is 8.78 Å². The zero-order valence-electron chi connectivity index (χ0n) is 13.9. The van der Waals surface area contributed by atoms with Crippen molar-refractivity contribution in [2.45, 2.75) is 13.0 Å². The molecule has 0 aliphatic carbocycles. The van der Waals surface area contributed by atoms with Crippen molar-refractivity contribution in [1.29, 1.82) is 0 Å². The SMILES string of the molecule is COc1cccc(C(=O)NCCc2nnc3ccccn23)c1OC(F)F. The van der Waals surface area contributed by atoms with Crippen molar-refractivity contribution in [2.75, 3.05) is 13.7 Å². The van der Waals surface area contributed by atoms with E-state index in [1.165, 1.54) is 25.3 Å². The molecule has 0 fully saturated rings. The van der Waals surface area contributed by atoms with Crippen LogP contribution in [0.3, 0.4) is 0 Å². The third-order valence-electron chi connectivity index (χ3n) is 3.67. The molecule has 0 unspecified atom stereocenters. The number of hydrogen-bond donors (Lipinski definition) is 1. The van der Waals surface area contributed by atoms with Crippen LogP contribution in [-0.2, 0) is 6.42 Å². The van der Waals surface area contributed by atoms with Gasteiger partial charge in [0, 0.05) is 19.2 Å². The number of halogens is 2. The van der Waals surface area contributed by atoms with Gasteiger partial charge in [-0.05, 0) is 24.3 Å². The normalized spacial score (nSPS) is 10.9. The molecule has 3 rings (SSSR count). The average Bonchev–Trinajstić information content (AvgIpc) is 3.04. The van der Waals surface area contributed by atoms with Gasteiger partial charge in [0.2, 0.25) is 0 Å². The van der Waals surface area contributed by atoms with Crippen LogP contribution in [0.25, 0.3) is 5.65 Å². The molecule has 2 heterocycles. The summed E-state index contributed by atoms with van der Waals surface area (Å²) < 4.78 is 36.5. The van der Waals surface area contributed by atoms with Crippen LogP contribution in [0.2, 0.25) is 0 Å². The van der Waals surface area contributed by atoms with Gasteiger partial charge in [-0.15, -0.1) is 10.2 Å². The lowest BCUT2D eigenvalue weighted by Crippen LogP contribution is -2.27. The van der Waals surface area contributed by atoms with Crippen LogP contribution < -0.4 is 14.8 Å². The van der Waals surface area contributed by atoms with Gasteiger partial charge in [0.15, 0.2) is 17.1 Å². The minimum Gasteiger partial charge on any atom is -0.493 e. The highest BCUT2D eigenvalue weighted by Gasteiger charge is 2.20. The Morgan fingerprint density at radius 1 is 1.23 bits per heavy atom. The Labute approximate surface area is 147 Å². The van der Waals surface area contributed by atoms with Crippen LogP contribution in [0, 0.1) is 0 Å². The fourth-order valence-corrected chi connectivity index (χ4v) is 2.51. The Hall–Kier alpha value is -3.23. The van der Waals surface area contributed by atoms with Gasteiger partial charge in [-0.1, -0.05) is 12.1 Å². The molecule has 0 aliphatic heterocycles. The molecular weight excluding hydrogens is 346 g/mol. The third-order valence-corrected chi connectivity index (χ3v) is 3.67. The number of pyridine rings is 1. The molecule has 0 spiro atoms. The molecule has 9 heteroatoms. The van der Waals surface area contributed by atoms with E-state index in [0.29, 0.717) is 17.9 Å². The van der Waals surface area contributed by atoms with Gasteiger partial charge in [-0.25, -0.2) is 0 Å². The molecule has 0 saturated carbocycles. The van der Waals surface area contributed by atoms with E-state index in [1.807, 2.05) is 28.8 Å². The Morgan fingerprint density at radius 2 is 2.08 bits per heavy atom. The first-order valence-electron chi connectivity index (χ1n) is 7.79. The van der Waals surface area contributed by atoms with E-state index in [2.05, 4.69) is 20.3 Å². The van der Waals surface area contributed by atoms with E-state index in [1.54, 1.807) is 0 Å². The molecule has 2 aromatic heterocycles. The maximum Gasteiger partial charge on any atom is 0.387 e. The minimum atomic E-state index is -3.07. The number of fused-ring (bicyclic) bond motifs is 1. The molecule has 0 radical (unpaired) electrons. The first-order chi connectivity index (χ1) is 12.6. The van der Waals surface area contributed by atoms with Gasteiger partial charge in [-0.2, -0.15) is 8.78 Å². The van der Waals surface area contributed by atoms with Gasteiger partial charge >= 0.3 is 6.61 Å². The highest BCUT2D eigenvalue weighted by atomic mass is 19.3. The van der Waals surface area contributed by atoms with Crippen molar-refractivity contribution in [3.8, 4) is 11.5 Å². The average molecular weight is 362 g/mol. The maximum atomic E-state index is 12.6. The minimum absolute atomic E-state index is 0.0317. The summed E-state index contributed by atoms with van der Waals surface area (Å²) >= 11 is 0. The van der Waals surface area contributed by atoms with Crippen molar-refractivity contribution >= 4 is 11.6 Å². The predicted octanol–water partition coefficient (Wildman–Crippen LogP) is 2.31. The molecule has 1 N–H and O–H groups in total. The number of nitrogens with one attached hydrogen (secondary N) is 1. The van der Waals surface area contributed by atoms with Crippen LogP contribution in [0.1, 0.15) is 16.2 Å². The predicted molar refractivity (Wildman–Crippen MR) is 88.7 cm³/mol. The molecule has 1 amide bonds. The molecular formula is C17H16F2N4O3. The Morgan fingerprint density at radius 3 is 2.85 bits per heavy atom. The largest absolute Gasteiger partial charge is 0.493 e. The summed E-state index contributed by atoms with van der Waals surface area (Å²) in [5.74, 6) is -0.110. The summed E-state index contributed by atoms with van der Waals surface area (Å²) in [6.45, 7) is -2.82. The summed E-state index contributed by atoms with van der Waals surface area (Å²) in [6, 6.07) is 9.88. The van der Waals surface area contributed by atoms with E-state index in [4.69, 9.17) is 4.74 Å². The number of nitrogens with zero attached hydrogens (tertiary/aromatic N) is 3. The van der Waals surface area contributed by atoms with Crippen LogP contribution in [-0.4, -0.2) is 40.8 Å². The van der Waals surface area contributed by atoms with Crippen LogP contribution >= 0.6 is 0 Å². The van der Waals surface area contributed by atoms with Crippen molar-refractivity contribution in [3.05, 3.63) is 54.0 Å². The fraction of sp³-hybridized carbons (Fsp3) is 0.235. The summed E-state index contributed by atoms with van der Waals surface area (Å²) in [7, 11) is 1.31. The number of ether oxygens (including phenoxy) is 2. The molecule has 1 aromatic carbocycles. The number of hydrogen-bond acceptors (Lipinski definition) is 5. The third kappa shape index (κ3) is 3.71. The number of benzene rings is 1. The number of aromatic nitrogens is 3. The standard InChI is InChI=1S/C17H16F2N4O3/c1-25-12-6-4-5-11(15(12)26-17(18)19)16(24)20-9-8-14-22-21-13-7-2-3-10-23(13)14/h2-7,10,17H,8-9H2,1H3,(H,20,24). The smallest absolute Gasteiger partial charge is 0.387 e. The van der Waals surface area contributed by atoms with Crippen LogP contribution in [0.15, 0.2) is 42.6 Å². The lowest BCUT2D eigenvalue weighted by Gasteiger charge is -2.14. The molecule has 7 nitrogen and oxygen atoms in total. The molecule has 26 heavy (non-hydrogen) atoms. The quantitative estimate of drug-likeness (QED) is 0.698. The second-order valence-corrected chi connectivity index (χ2v) is 5.27. The zero-order chi connectivity index (χ0) is 18.5. The van der Waals surface area contributed by atoms with E-state index in [0.717, 1.165) is 0 Å². The van der Waals surface area contributed by atoms with E-state index < -0.39 is 12.5 Å². The molecule has 0 atom stereocenters. The lowest BCUT2D eigenvalue weighted by atomic mass is 10.1. The molecule has 0 bridgehead atoms. The molecule has 3 aromatic rings. The topological polar surface area (TPSA) is 77.8 Å². The van der Waals surface area contributed by atoms with Crippen molar-refractivity contribution < 1.29 is 23.0 Å². The number of para-hydroxylation sites is 1. The number of carbonyl (C=O) groups is 1. The number of amides is 1. The summed E-state index contributed by atoms with van der Waals surface area (Å²) in [5, 5.41) is 10.8. The number of rotatable bonds is 7. The zero-order valence-corrected chi connectivity index (χ0v) is 13.9. The summed E-state index contributed by atoms with van der Waals surface area (Å²) in [5.41, 5.74) is 0.671. The van der Waals surface area contributed by atoms with Crippen molar-refractivity contribution in [3.63, 3.8) is 0 Å². The lowest BCUT2D eigenvalue weighted by molar-refractivity contribution is -0.0515. The monoisotopic (exact) mass is 362 g/mol. The van der Waals surface area contributed by atoms with Gasteiger partial charge in [0.1, 0.15) is 5.82 Å². The molecule has 0 aliphatic rings. The van der Waals surface area contributed by atoms with Gasteiger partial charge in [0.25, 0.3) is 5.91 Å².